The Bertz CT molecular complexity index is 3180. The molecule has 1 fully saturated rings. The second-order valence-corrected chi connectivity index (χ2v) is 23.9. The van der Waals surface area contributed by atoms with Gasteiger partial charge in [0.05, 0.1) is 25.1 Å². The highest BCUT2D eigenvalue weighted by Crippen LogP contribution is 2.22. The van der Waals surface area contributed by atoms with Gasteiger partial charge in [-0.2, -0.15) is 0 Å². The maximum Gasteiger partial charge on any atom is 0.326 e. The number of likely N-dealkylation sites (tertiary alicyclic amines) is 1. The number of carboxylic acids is 2. The van der Waals surface area contributed by atoms with Crippen LogP contribution in [0.2, 0.25) is 0 Å². The predicted octanol–water partition coefficient (Wildman–Crippen LogP) is -1.33. The quantitative estimate of drug-likeness (QED) is 0.0141. The number of aliphatic carboxylic acids is 2. The van der Waals surface area contributed by atoms with Gasteiger partial charge in [-0.05, 0) is 73.1 Å². The lowest BCUT2D eigenvalue weighted by Gasteiger charge is -2.32. The highest BCUT2D eigenvalue weighted by Gasteiger charge is 2.42. The van der Waals surface area contributed by atoms with Gasteiger partial charge in [0.2, 0.25) is 53.2 Å². The molecule has 31 heteroatoms. The van der Waals surface area contributed by atoms with Crippen molar-refractivity contribution in [2.24, 2.45) is 39.9 Å². The van der Waals surface area contributed by atoms with E-state index in [9.17, 15) is 63.3 Å². The molecule has 11 atom stereocenters. The minimum atomic E-state index is -1.53. The number of imidazole rings is 2. The number of aromatic nitrogens is 4. The number of carboxylic acid groups (broad SMARTS) is 2. The molecule has 31 nitrogen and oxygen atoms in total. The van der Waals surface area contributed by atoms with Crippen LogP contribution in [-0.2, 0) is 78.4 Å². The zero-order valence-corrected chi connectivity index (χ0v) is 53.1. The number of amides is 9. The molecule has 3 heterocycles. The zero-order chi connectivity index (χ0) is 68.5. The first-order valence-corrected chi connectivity index (χ1v) is 30.9. The molecule has 1 unspecified atom stereocenters. The molecule has 0 bridgehead atoms. The monoisotopic (exact) mass is 1300 g/mol. The van der Waals surface area contributed by atoms with Gasteiger partial charge in [0.25, 0.3) is 0 Å². The number of rotatable bonds is 37. The third-order valence-corrected chi connectivity index (χ3v) is 15.6. The van der Waals surface area contributed by atoms with Crippen LogP contribution < -0.4 is 59.7 Å². The molecule has 0 aliphatic carbocycles. The van der Waals surface area contributed by atoms with Crippen LogP contribution in [0.5, 0.6) is 5.75 Å². The average molecular weight is 1300 g/mol. The number of nitrogens with two attached hydrogens (primary N) is 3. The number of benzene rings is 2. The van der Waals surface area contributed by atoms with Crippen molar-refractivity contribution in [3.63, 3.8) is 0 Å². The molecule has 0 radical (unpaired) electrons. The lowest BCUT2D eigenvalue weighted by atomic mass is 9.96. The van der Waals surface area contributed by atoms with Crippen LogP contribution in [0.4, 0.5) is 0 Å². The van der Waals surface area contributed by atoms with E-state index in [-0.39, 0.29) is 82.1 Å². The molecule has 9 amide bonds. The summed E-state index contributed by atoms with van der Waals surface area (Å²) in [6.07, 6.45) is 5.26. The molecule has 0 saturated carbocycles. The fraction of sp³-hybridized carbons (Fsp3) is 0.516. The smallest absolute Gasteiger partial charge is 0.326 e. The van der Waals surface area contributed by atoms with Crippen LogP contribution in [0, 0.1) is 17.8 Å². The Morgan fingerprint density at radius 3 is 1.68 bits per heavy atom. The number of phenolic OH excluding ortho intramolecular Hbond substituents is 1. The van der Waals surface area contributed by atoms with E-state index in [2.05, 4.69) is 67.5 Å². The number of aliphatic imine (C=N–C) groups is 1. The average Bonchev–Trinajstić information content (AvgIpc) is 1.81. The zero-order valence-electron chi connectivity index (χ0n) is 53.1. The van der Waals surface area contributed by atoms with Gasteiger partial charge in [-0.15, -0.1) is 0 Å². The van der Waals surface area contributed by atoms with Crippen molar-refractivity contribution >= 4 is 71.1 Å². The Kier molecular flexibility index (Phi) is 28.7. The van der Waals surface area contributed by atoms with E-state index >= 15 is 4.79 Å². The van der Waals surface area contributed by atoms with Crippen LogP contribution in [0.15, 0.2) is 84.6 Å². The number of aromatic hydroxyl groups is 1. The highest BCUT2D eigenvalue weighted by molar-refractivity contribution is 5.99. The summed E-state index contributed by atoms with van der Waals surface area (Å²) in [6, 6.07) is 0.810. The van der Waals surface area contributed by atoms with Crippen molar-refractivity contribution in [2.75, 3.05) is 13.1 Å². The molecule has 5 rings (SSSR count). The molecule has 1 aliphatic rings. The van der Waals surface area contributed by atoms with E-state index in [0.717, 1.165) is 0 Å². The van der Waals surface area contributed by atoms with Crippen LogP contribution in [0.1, 0.15) is 109 Å². The molecule has 506 valence electrons. The molecule has 4 aromatic rings. The maximum atomic E-state index is 15.1. The van der Waals surface area contributed by atoms with E-state index < -0.39 is 144 Å². The second-order valence-electron chi connectivity index (χ2n) is 23.9. The van der Waals surface area contributed by atoms with Crippen molar-refractivity contribution < 1.29 is 68.1 Å². The van der Waals surface area contributed by atoms with Gasteiger partial charge in [0.15, 0.2) is 5.96 Å². The summed E-state index contributed by atoms with van der Waals surface area (Å²) in [5.41, 5.74) is 18.7. The third kappa shape index (κ3) is 23.7. The summed E-state index contributed by atoms with van der Waals surface area (Å²) in [5, 5.41) is 50.8. The summed E-state index contributed by atoms with van der Waals surface area (Å²) < 4.78 is 0. The van der Waals surface area contributed by atoms with Crippen molar-refractivity contribution in [1.29, 1.82) is 0 Å². The van der Waals surface area contributed by atoms with Crippen LogP contribution in [-0.4, -0.2) is 185 Å². The fourth-order valence-corrected chi connectivity index (χ4v) is 10.4. The van der Waals surface area contributed by atoms with Crippen LogP contribution >= 0.6 is 0 Å². The Morgan fingerprint density at radius 2 is 1.13 bits per heavy atom. The number of aromatic amines is 2. The third-order valence-electron chi connectivity index (χ3n) is 15.6. The summed E-state index contributed by atoms with van der Waals surface area (Å²) >= 11 is 0. The number of nitrogens with zero attached hydrogens (tertiary/aromatic N) is 4. The van der Waals surface area contributed by atoms with Gasteiger partial charge >= 0.3 is 11.9 Å². The minimum Gasteiger partial charge on any atom is -0.508 e. The lowest BCUT2D eigenvalue weighted by Crippen LogP contribution is -2.62. The molecule has 0 spiro atoms. The number of carbonyl (C=O) groups excluding carboxylic acids is 9. The van der Waals surface area contributed by atoms with E-state index in [1.165, 1.54) is 54.2 Å². The molecular weight excluding hydrogens is 1210 g/mol. The largest absolute Gasteiger partial charge is 0.508 e. The molecule has 93 heavy (non-hydrogen) atoms. The van der Waals surface area contributed by atoms with E-state index in [1.807, 2.05) is 0 Å². The molecule has 2 aromatic heterocycles. The minimum absolute atomic E-state index is 0.0425. The van der Waals surface area contributed by atoms with Gasteiger partial charge in [-0.3, -0.25) is 52.9 Å². The lowest BCUT2D eigenvalue weighted by molar-refractivity contribution is -0.143. The molecular formula is C62H89N17O14. The van der Waals surface area contributed by atoms with Crippen molar-refractivity contribution in [2.45, 2.75) is 173 Å². The van der Waals surface area contributed by atoms with Gasteiger partial charge in [-0.25, -0.2) is 14.8 Å². The van der Waals surface area contributed by atoms with Gasteiger partial charge in [0.1, 0.15) is 60.1 Å². The number of phenols is 1. The van der Waals surface area contributed by atoms with Crippen molar-refractivity contribution in [1.82, 2.24) is 67.4 Å². The Hall–Kier alpha value is -9.94. The number of guanidine groups is 1. The molecule has 1 saturated heterocycles. The first-order chi connectivity index (χ1) is 44.1. The Morgan fingerprint density at radius 1 is 0.624 bits per heavy atom. The Labute approximate surface area is 538 Å². The molecule has 2 aromatic carbocycles. The number of carbonyl (C=O) groups is 11. The fourth-order valence-electron chi connectivity index (χ4n) is 10.4. The number of hydrogen-bond acceptors (Lipinski definition) is 16. The topological polar surface area (TPSA) is 496 Å². The summed E-state index contributed by atoms with van der Waals surface area (Å²) in [6.45, 7) is 10.4. The van der Waals surface area contributed by atoms with Crippen LogP contribution in [0.3, 0.4) is 0 Å². The first-order valence-electron chi connectivity index (χ1n) is 30.9. The summed E-state index contributed by atoms with van der Waals surface area (Å²) in [5.74, 6) is -11.7. The highest BCUT2D eigenvalue weighted by atomic mass is 16.4. The van der Waals surface area contributed by atoms with Gasteiger partial charge < -0.3 is 89.9 Å². The van der Waals surface area contributed by atoms with Crippen LogP contribution in [0.25, 0.3) is 0 Å². The van der Waals surface area contributed by atoms with E-state index in [1.54, 1.807) is 71.9 Å². The number of H-pyrrole nitrogens is 2. The number of nitrogens with one attached hydrogen (secondary N) is 10. The second kappa shape index (κ2) is 36.2. The van der Waals surface area contributed by atoms with E-state index in [4.69, 9.17) is 17.2 Å². The number of hydrogen-bond donors (Lipinski definition) is 16. The standard InChI is InChI=1S/C62H89N17O14/c1-7-35(6)51(78-56(87)44(25-37-17-19-40(80)20-18-37)74-58(89)50(34(4)5)77-53(84)42(15-11-21-68-62(64)65)71-52(83)41(63)28-49(81)82)59(90)75-46(27-39-30-67-32-70-39)60(91)79-22-12-16-48(79)57(88)73-43(24-36-13-9-8-10-14-36)54(85)72-45(26-38-29-66-31-69-38)55(86)76-47(61(92)93)23-33(2)3/h8-10,13-14,17-20,29-35,41-48,50-51,80H,7,11-12,15-16,21-28,63H2,1-6H3,(H,66,69)(H,67,70)(H,71,83)(H,72,85)(H,73,88)(H,74,89)(H,75,90)(H,76,86)(H,77,84)(H,78,87)(H,81,82)(H,92,93)(H4,64,65,68)/t35?,41-,42-,43-,44-,45-,46-,47-,48-,50-,51-/m0/s1. The van der Waals surface area contributed by atoms with Gasteiger partial charge in [-0.1, -0.05) is 90.4 Å². The summed E-state index contributed by atoms with van der Waals surface area (Å²) in [4.78, 5) is 172. The maximum absolute atomic E-state index is 15.1. The van der Waals surface area contributed by atoms with Crippen molar-refractivity contribution in [3.8, 4) is 5.75 Å². The SMILES string of the molecule is CCC(C)[C@H](NC(=O)[C@H](Cc1ccc(O)cc1)NC(=O)[C@@H](NC(=O)[C@H](CCCN=C(N)N)NC(=O)[C@@H](N)CC(=O)O)C(C)C)C(=O)N[C@@H](Cc1cnc[nH]1)C(=O)N1CCC[C@H]1C(=O)N[C@@H](Cc1ccccc1)C(=O)N[C@@H](Cc1cnc[nH]1)C(=O)N[C@@H](CC(C)C)C(=O)O. The Balaban J connectivity index is 1.40. The molecule has 1 aliphatic heterocycles. The molecule has 19 N–H and O–H groups in total. The normalized spacial score (nSPS) is 16.1. The predicted molar refractivity (Wildman–Crippen MR) is 338 cm³/mol. The van der Waals surface area contributed by atoms with Gasteiger partial charge in [0, 0.05) is 62.6 Å². The van der Waals surface area contributed by atoms with Crippen molar-refractivity contribution in [3.05, 3.63) is 102 Å². The summed E-state index contributed by atoms with van der Waals surface area (Å²) in [7, 11) is 0. The first kappa shape index (κ1) is 73.8. The van der Waals surface area contributed by atoms with E-state index in [0.29, 0.717) is 35.4 Å².